The summed E-state index contributed by atoms with van der Waals surface area (Å²) >= 11 is 0. The Kier molecular flexibility index (Phi) is 7.64. The first-order valence-electron chi connectivity index (χ1n) is 10.0. The Bertz CT molecular complexity index is 949. The van der Waals surface area contributed by atoms with Gasteiger partial charge < -0.3 is 5.32 Å². The average molecular weight is 435 g/mol. The lowest BCUT2D eigenvalue weighted by Crippen LogP contribution is -2.32. The van der Waals surface area contributed by atoms with Crippen LogP contribution < -0.4 is 9.62 Å². The fourth-order valence-corrected chi connectivity index (χ4v) is 4.11. The first-order valence-corrected chi connectivity index (χ1v) is 11.9. The Morgan fingerprint density at radius 1 is 1.07 bits per heavy atom. The van der Waals surface area contributed by atoms with Gasteiger partial charge in [0.25, 0.3) is 0 Å². The molecule has 2 rings (SSSR count). The van der Waals surface area contributed by atoms with Crippen molar-refractivity contribution in [2.75, 3.05) is 17.1 Å². The van der Waals surface area contributed by atoms with Gasteiger partial charge in [-0.25, -0.2) is 12.8 Å². The van der Waals surface area contributed by atoms with Gasteiger partial charge in [-0.2, -0.15) is 0 Å². The molecule has 5 nitrogen and oxygen atoms in total. The summed E-state index contributed by atoms with van der Waals surface area (Å²) in [5.74, 6) is -0.578. The average Bonchev–Trinajstić information content (AvgIpc) is 2.64. The van der Waals surface area contributed by atoms with E-state index < -0.39 is 15.8 Å². The highest BCUT2D eigenvalue weighted by Crippen LogP contribution is 2.24. The standard InChI is InChI=1S/C23H31FN2O3S/c1-17(18-8-10-19(11-9-18)23(2,3)4)25-22(27)7-6-16-26(30(5,28)29)21-14-12-20(24)13-15-21/h8-15,17H,6-7,16H2,1-5H3,(H,25,27). The number of halogens is 1. The number of nitrogens with one attached hydrogen (secondary N) is 1. The fourth-order valence-electron chi connectivity index (χ4n) is 3.15. The Hall–Kier alpha value is -2.41. The lowest BCUT2D eigenvalue weighted by atomic mass is 9.86. The van der Waals surface area contributed by atoms with E-state index >= 15 is 0 Å². The van der Waals surface area contributed by atoms with Crippen LogP contribution in [-0.4, -0.2) is 27.1 Å². The van der Waals surface area contributed by atoms with Gasteiger partial charge in [0.2, 0.25) is 15.9 Å². The second kappa shape index (κ2) is 9.60. The highest BCUT2D eigenvalue weighted by atomic mass is 32.2. The first-order chi connectivity index (χ1) is 13.9. The number of sulfonamides is 1. The maximum absolute atomic E-state index is 13.1. The van der Waals surface area contributed by atoms with Gasteiger partial charge in [-0.05, 0) is 54.2 Å². The number of carbonyl (C=O) groups is 1. The van der Waals surface area contributed by atoms with E-state index in [0.717, 1.165) is 11.8 Å². The Morgan fingerprint density at radius 2 is 1.63 bits per heavy atom. The summed E-state index contributed by atoms with van der Waals surface area (Å²) in [5, 5.41) is 2.96. The number of hydrogen-bond donors (Lipinski definition) is 1. The zero-order valence-electron chi connectivity index (χ0n) is 18.3. The van der Waals surface area contributed by atoms with Crippen molar-refractivity contribution < 1.29 is 17.6 Å². The van der Waals surface area contributed by atoms with Crippen molar-refractivity contribution in [1.82, 2.24) is 5.32 Å². The molecule has 1 unspecified atom stereocenters. The van der Waals surface area contributed by atoms with E-state index in [0.29, 0.717) is 12.1 Å². The Labute approximate surface area is 179 Å². The molecule has 0 spiro atoms. The van der Waals surface area contributed by atoms with E-state index in [1.165, 1.54) is 34.1 Å². The summed E-state index contributed by atoms with van der Waals surface area (Å²) in [7, 11) is -3.53. The molecule has 0 saturated heterocycles. The van der Waals surface area contributed by atoms with E-state index in [2.05, 4.69) is 38.2 Å². The van der Waals surface area contributed by atoms with Crippen LogP contribution in [0.3, 0.4) is 0 Å². The van der Waals surface area contributed by atoms with Crippen LogP contribution in [0.4, 0.5) is 10.1 Å². The van der Waals surface area contributed by atoms with Crippen molar-refractivity contribution in [2.24, 2.45) is 0 Å². The predicted octanol–water partition coefficient (Wildman–Crippen LogP) is 4.55. The van der Waals surface area contributed by atoms with Gasteiger partial charge in [0, 0.05) is 13.0 Å². The summed E-state index contributed by atoms with van der Waals surface area (Å²) in [4.78, 5) is 12.3. The molecule has 1 atom stereocenters. The molecule has 0 saturated carbocycles. The van der Waals surface area contributed by atoms with Crippen LogP contribution in [0, 0.1) is 5.82 Å². The lowest BCUT2D eigenvalue weighted by Gasteiger charge is -2.23. The van der Waals surface area contributed by atoms with Crippen molar-refractivity contribution in [2.45, 2.75) is 52.0 Å². The highest BCUT2D eigenvalue weighted by molar-refractivity contribution is 7.92. The molecule has 1 N–H and O–H groups in total. The predicted molar refractivity (Wildman–Crippen MR) is 120 cm³/mol. The molecule has 2 aromatic rings. The highest BCUT2D eigenvalue weighted by Gasteiger charge is 2.18. The topological polar surface area (TPSA) is 66.5 Å². The zero-order valence-corrected chi connectivity index (χ0v) is 19.1. The largest absolute Gasteiger partial charge is 0.350 e. The van der Waals surface area contributed by atoms with Crippen LogP contribution in [0.1, 0.15) is 57.7 Å². The molecule has 164 valence electrons. The maximum Gasteiger partial charge on any atom is 0.232 e. The third kappa shape index (κ3) is 6.83. The number of hydrogen-bond acceptors (Lipinski definition) is 3. The molecule has 1 amide bonds. The minimum absolute atomic E-state index is 0.0705. The summed E-state index contributed by atoms with van der Waals surface area (Å²) in [6.45, 7) is 8.52. The number of rotatable bonds is 8. The third-order valence-corrected chi connectivity index (χ3v) is 6.13. The van der Waals surface area contributed by atoms with Crippen molar-refractivity contribution in [3.8, 4) is 0 Å². The summed E-state index contributed by atoms with van der Waals surface area (Å²) in [6.07, 6.45) is 1.64. The second-order valence-corrected chi connectivity index (χ2v) is 10.5. The first kappa shape index (κ1) is 23.9. The second-order valence-electron chi connectivity index (χ2n) is 8.58. The van der Waals surface area contributed by atoms with Gasteiger partial charge in [-0.3, -0.25) is 9.10 Å². The van der Waals surface area contributed by atoms with E-state index in [1.54, 1.807) is 0 Å². The molecule has 0 aliphatic rings. The Balaban J connectivity index is 1.92. The minimum atomic E-state index is -3.53. The third-order valence-electron chi connectivity index (χ3n) is 4.93. The summed E-state index contributed by atoms with van der Waals surface area (Å²) < 4.78 is 38.5. The monoisotopic (exact) mass is 434 g/mol. The van der Waals surface area contributed by atoms with Gasteiger partial charge >= 0.3 is 0 Å². The van der Waals surface area contributed by atoms with Crippen LogP contribution in [0.15, 0.2) is 48.5 Å². The van der Waals surface area contributed by atoms with Crippen LogP contribution in [0.2, 0.25) is 0 Å². The minimum Gasteiger partial charge on any atom is -0.350 e. The van der Waals surface area contributed by atoms with Crippen LogP contribution in [0.5, 0.6) is 0 Å². The molecule has 30 heavy (non-hydrogen) atoms. The van der Waals surface area contributed by atoms with Crippen molar-refractivity contribution >= 4 is 21.6 Å². The van der Waals surface area contributed by atoms with Gasteiger partial charge in [-0.1, -0.05) is 45.0 Å². The molecule has 0 fully saturated rings. The molecular weight excluding hydrogens is 403 g/mol. The van der Waals surface area contributed by atoms with E-state index in [9.17, 15) is 17.6 Å². The molecule has 0 aromatic heterocycles. The quantitative estimate of drug-likeness (QED) is 0.663. The van der Waals surface area contributed by atoms with Crippen molar-refractivity contribution in [3.63, 3.8) is 0 Å². The van der Waals surface area contributed by atoms with Crippen molar-refractivity contribution in [3.05, 3.63) is 65.5 Å². The molecule has 0 bridgehead atoms. The molecule has 2 aromatic carbocycles. The van der Waals surface area contributed by atoms with Crippen LogP contribution >= 0.6 is 0 Å². The van der Waals surface area contributed by atoms with Gasteiger partial charge in [0.1, 0.15) is 5.82 Å². The maximum atomic E-state index is 13.1. The van der Waals surface area contributed by atoms with Gasteiger partial charge in [0.05, 0.1) is 18.0 Å². The molecule has 0 radical (unpaired) electrons. The van der Waals surface area contributed by atoms with Gasteiger partial charge in [-0.15, -0.1) is 0 Å². The normalized spacial score (nSPS) is 13.0. The smallest absolute Gasteiger partial charge is 0.232 e. The van der Waals surface area contributed by atoms with Crippen LogP contribution in [-0.2, 0) is 20.2 Å². The molecule has 0 aliphatic carbocycles. The van der Waals surface area contributed by atoms with E-state index in [4.69, 9.17) is 0 Å². The van der Waals surface area contributed by atoms with Crippen molar-refractivity contribution in [1.29, 1.82) is 0 Å². The molecule has 7 heteroatoms. The number of nitrogens with zero attached hydrogens (tertiary/aromatic N) is 1. The van der Waals surface area contributed by atoms with Gasteiger partial charge in [0.15, 0.2) is 0 Å². The lowest BCUT2D eigenvalue weighted by molar-refractivity contribution is -0.121. The number of carbonyl (C=O) groups excluding carboxylic acids is 1. The number of amides is 1. The number of anilines is 1. The van der Waals surface area contributed by atoms with E-state index in [1.807, 2.05) is 19.1 Å². The van der Waals surface area contributed by atoms with Crippen LogP contribution in [0.25, 0.3) is 0 Å². The SMILES string of the molecule is CC(NC(=O)CCCN(c1ccc(F)cc1)S(C)(=O)=O)c1ccc(C(C)(C)C)cc1. The molecule has 0 aliphatic heterocycles. The fraction of sp³-hybridized carbons (Fsp3) is 0.435. The molecule has 0 heterocycles. The zero-order chi connectivity index (χ0) is 22.5. The van der Waals surface area contributed by atoms with E-state index in [-0.39, 0.29) is 30.3 Å². The Morgan fingerprint density at radius 3 is 2.13 bits per heavy atom. The molecular formula is C23H31FN2O3S. The summed E-state index contributed by atoms with van der Waals surface area (Å²) in [6, 6.07) is 13.3. The summed E-state index contributed by atoms with van der Waals surface area (Å²) in [5.41, 5.74) is 2.69. The number of benzene rings is 2.